The largest absolute Gasteiger partial charge is 0.508 e. The number of benzene rings is 2. The number of aromatic nitrogens is 2. The van der Waals surface area contributed by atoms with Crippen LogP contribution in [0.1, 0.15) is 17.7 Å². The zero-order valence-corrected chi connectivity index (χ0v) is 11.4. The monoisotopic (exact) mass is 278 g/mol. The van der Waals surface area contributed by atoms with Gasteiger partial charge in [0.25, 0.3) is 0 Å². The summed E-state index contributed by atoms with van der Waals surface area (Å²) in [5, 5.41) is 11.6. The Morgan fingerprint density at radius 3 is 2.81 bits per heavy atom. The van der Waals surface area contributed by atoms with Gasteiger partial charge in [0.2, 0.25) is 5.88 Å². The molecule has 0 spiro atoms. The van der Waals surface area contributed by atoms with Crippen molar-refractivity contribution < 1.29 is 9.84 Å². The molecule has 1 aliphatic rings. The molecule has 104 valence electrons. The van der Waals surface area contributed by atoms with Crippen molar-refractivity contribution in [2.24, 2.45) is 0 Å². The number of phenols is 1. The second kappa shape index (κ2) is 4.74. The number of aromatic hydroxyl groups is 1. The molecular formula is C17H14N2O2. The number of aryl methyl sites for hydroxylation is 1. The maximum Gasteiger partial charge on any atom is 0.225 e. The van der Waals surface area contributed by atoms with Crippen LogP contribution in [-0.4, -0.2) is 15.1 Å². The zero-order chi connectivity index (χ0) is 14.2. The highest BCUT2D eigenvalue weighted by Crippen LogP contribution is 2.32. The first kappa shape index (κ1) is 12.1. The number of phenolic OH excluding ortho intramolecular Hbond substituents is 1. The molecule has 4 heteroatoms. The highest BCUT2D eigenvalue weighted by atomic mass is 16.5. The molecule has 0 aliphatic heterocycles. The van der Waals surface area contributed by atoms with Crippen molar-refractivity contribution in [2.75, 3.05) is 0 Å². The second-order valence-corrected chi connectivity index (χ2v) is 5.25. The predicted octanol–water partition coefficient (Wildman–Crippen LogP) is 3.62. The fourth-order valence-corrected chi connectivity index (χ4v) is 2.80. The molecule has 4 nitrogen and oxygen atoms in total. The first-order valence-corrected chi connectivity index (χ1v) is 7.03. The highest BCUT2D eigenvalue weighted by molar-refractivity contribution is 5.85. The van der Waals surface area contributed by atoms with Crippen molar-refractivity contribution in [3.05, 3.63) is 54.0 Å². The Labute approximate surface area is 122 Å². The molecule has 0 bridgehead atoms. The molecule has 1 aromatic heterocycles. The van der Waals surface area contributed by atoms with Crippen molar-refractivity contribution in [2.45, 2.75) is 19.3 Å². The van der Waals surface area contributed by atoms with Crippen molar-refractivity contribution in [3.63, 3.8) is 0 Å². The summed E-state index contributed by atoms with van der Waals surface area (Å²) in [7, 11) is 0. The van der Waals surface area contributed by atoms with E-state index in [1.165, 1.54) is 0 Å². The third kappa shape index (κ3) is 2.18. The van der Waals surface area contributed by atoms with Crippen molar-refractivity contribution in [1.29, 1.82) is 0 Å². The lowest BCUT2D eigenvalue weighted by molar-refractivity contribution is 0.456. The minimum absolute atomic E-state index is 0.252. The van der Waals surface area contributed by atoms with Crippen LogP contribution in [0.4, 0.5) is 0 Å². The van der Waals surface area contributed by atoms with E-state index in [4.69, 9.17) is 4.74 Å². The minimum atomic E-state index is 0.252. The quantitative estimate of drug-likeness (QED) is 0.778. The molecule has 4 rings (SSSR count). The van der Waals surface area contributed by atoms with Gasteiger partial charge in [-0.1, -0.05) is 12.1 Å². The fourth-order valence-electron chi connectivity index (χ4n) is 2.80. The molecule has 0 fully saturated rings. The molecule has 0 saturated carbocycles. The van der Waals surface area contributed by atoms with Gasteiger partial charge in [-0.3, -0.25) is 0 Å². The number of fused-ring (bicyclic) bond motifs is 2. The summed E-state index contributed by atoms with van der Waals surface area (Å²) in [5.41, 5.74) is 2.21. The van der Waals surface area contributed by atoms with Gasteiger partial charge in [0.05, 0.1) is 5.69 Å². The lowest BCUT2D eigenvalue weighted by Crippen LogP contribution is -1.96. The molecular weight excluding hydrogens is 264 g/mol. The van der Waals surface area contributed by atoms with E-state index < -0.39 is 0 Å². The van der Waals surface area contributed by atoms with E-state index >= 15 is 0 Å². The smallest absolute Gasteiger partial charge is 0.225 e. The SMILES string of the molecule is Oc1ccc2ccc(Oc3ncnc4c3CCC4)cc2c1. The fraction of sp³-hybridized carbons (Fsp3) is 0.176. The van der Waals surface area contributed by atoms with Crippen LogP contribution in [0, 0.1) is 0 Å². The van der Waals surface area contributed by atoms with Gasteiger partial charge in [0, 0.05) is 5.56 Å². The van der Waals surface area contributed by atoms with Crippen LogP contribution in [0.25, 0.3) is 10.8 Å². The number of hydrogen-bond donors (Lipinski definition) is 1. The Hall–Kier alpha value is -2.62. The van der Waals surface area contributed by atoms with Crippen LogP contribution < -0.4 is 4.74 Å². The lowest BCUT2D eigenvalue weighted by atomic mass is 10.1. The molecule has 21 heavy (non-hydrogen) atoms. The molecule has 0 atom stereocenters. The van der Waals surface area contributed by atoms with E-state index in [-0.39, 0.29) is 5.75 Å². The van der Waals surface area contributed by atoms with Crippen molar-refractivity contribution >= 4 is 10.8 Å². The summed E-state index contributed by atoms with van der Waals surface area (Å²) in [6.07, 6.45) is 4.64. The Morgan fingerprint density at radius 1 is 0.952 bits per heavy atom. The van der Waals surface area contributed by atoms with E-state index in [0.717, 1.165) is 47.0 Å². The van der Waals surface area contributed by atoms with Crippen LogP contribution in [0.5, 0.6) is 17.4 Å². The van der Waals surface area contributed by atoms with E-state index in [0.29, 0.717) is 5.88 Å². The normalized spacial score (nSPS) is 13.3. The molecule has 0 saturated heterocycles. The summed E-state index contributed by atoms with van der Waals surface area (Å²) >= 11 is 0. The Morgan fingerprint density at radius 2 is 1.86 bits per heavy atom. The second-order valence-electron chi connectivity index (χ2n) is 5.25. The van der Waals surface area contributed by atoms with E-state index in [1.807, 2.05) is 24.3 Å². The van der Waals surface area contributed by atoms with Gasteiger partial charge in [-0.05, 0) is 54.3 Å². The summed E-state index contributed by atoms with van der Waals surface area (Å²) in [5.74, 6) is 1.63. The van der Waals surface area contributed by atoms with Gasteiger partial charge < -0.3 is 9.84 Å². The lowest BCUT2D eigenvalue weighted by Gasteiger charge is -2.09. The van der Waals surface area contributed by atoms with Gasteiger partial charge in [-0.2, -0.15) is 0 Å². The Bertz CT molecular complexity index is 830. The van der Waals surface area contributed by atoms with Crippen molar-refractivity contribution in [3.8, 4) is 17.4 Å². The topological polar surface area (TPSA) is 55.2 Å². The summed E-state index contributed by atoms with van der Waals surface area (Å²) in [6, 6.07) is 11.1. The Balaban J connectivity index is 1.73. The molecule has 1 heterocycles. The van der Waals surface area contributed by atoms with Crippen molar-refractivity contribution in [1.82, 2.24) is 9.97 Å². The van der Waals surface area contributed by atoms with Crippen LogP contribution in [-0.2, 0) is 12.8 Å². The number of rotatable bonds is 2. The Kier molecular flexibility index (Phi) is 2.74. The van der Waals surface area contributed by atoms with Crippen LogP contribution in [0.3, 0.4) is 0 Å². The third-order valence-corrected chi connectivity index (χ3v) is 3.85. The molecule has 1 N–H and O–H groups in total. The number of nitrogens with zero attached hydrogens (tertiary/aromatic N) is 2. The minimum Gasteiger partial charge on any atom is -0.508 e. The van der Waals surface area contributed by atoms with Gasteiger partial charge in [-0.25, -0.2) is 9.97 Å². The summed E-state index contributed by atoms with van der Waals surface area (Å²) in [4.78, 5) is 8.56. The van der Waals surface area contributed by atoms with E-state index in [9.17, 15) is 5.11 Å². The first-order valence-electron chi connectivity index (χ1n) is 7.03. The maximum absolute atomic E-state index is 9.58. The summed E-state index contributed by atoms with van der Waals surface area (Å²) < 4.78 is 5.94. The van der Waals surface area contributed by atoms with Gasteiger partial charge in [0.1, 0.15) is 17.8 Å². The van der Waals surface area contributed by atoms with Crippen LogP contribution >= 0.6 is 0 Å². The average Bonchev–Trinajstić information content (AvgIpc) is 2.96. The zero-order valence-electron chi connectivity index (χ0n) is 11.4. The van der Waals surface area contributed by atoms with E-state index in [2.05, 4.69) is 9.97 Å². The molecule has 0 unspecified atom stereocenters. The van der Waals surface area contributed by atoms with Gasteiger partial charge >= 0.3 is 0 Å². The van der Waals surface area contributed by atoms with E-state index in [1.54, 1.807) is 18.5 Å². The predicted molar refractivity (Wildman–Crippen MR) is 79.7 cm³/mol. The number of ether oxygens (including phenoxy) is 1. The molecule has 3 aromatic rings. The molecule has 2 aromatic carbocycles. The molecule has 1 aliphatic carbocycles. The highest BCUT2D eigenvalue weighted by Gasteiger charge is 2.18. The van der Waals surface area contributed by atoms with Gasteiger partial charge in [0.15, 0.2) is 0 Å². The molecule has 0 amide bonds. The average molecular weight is 278 g/mol. The van der Waals surface area contributed by atoms with Crippen LogP contribution in [0.2, 0.25) is 0 Å². The summed E-state index contributed by atoms with van der Waals surface area (Å²) in [6.45, 7) is 0. The molecule has 0 radical (unpaired) electrons. The van der Waals surface area contributed by atoms with Crippen LogP contribution in [0.15, 0.2) is 42.7 Å². The third-order valence-electron chi connectivity index (χ3n) is 3.85. The first-order chi connectivity index (χ1) is 10.3. The van der Waals surface area contributed by atoms with Gasteiger partial charge in [-0.15, -0.1) is 0 Å². The standard InChI is InChI=1S/C17H14N2O2/c20-13-6-4-11-5-7-14(9-12(11)8-13)21-17-15-2-1-3-16(15)18-10-19-17/h4-10,20H,1-3H2. The maximum atomic E-state index is 9.58. The number of hydrogen-bond acceptors (Lipinski definition) is 4.